The molecule has 0 aliphatic carbocycles. The van der Waals surface area contributed by atoms with Crippen LogP contribution in [0.3, 0.4) is 0 Å². The Labute approximate surface area is 155 Å². The Balaban J connectivity index is 1.89. The van der Waals surface area contributed by atoms with Crippen LogP contribution in [0, 0.1) is 12.8 Å². The van der Waals surface area contributed by atoms with E-state index in [9.17, 15) is 13.2 Å². The number of hydrogen-bond donors (Lipinski definition) is 1. The van der Waals surface area contributed by atoms with Crippen molar-refractivity contribution < 1.29 is 13.2 Å². The van der Waals surface area contributed by atoms with Crippen LogP contribution < -0.4 is 10.2 Å². The van der Waals surface area contributed by atoms with Crippen molar-refractivity contribution in [3.8, 4) is 0 Å². The quantitative estimate of drug-likeness (QED) is 0.765. The zero-order valence-corrected chi connectivity index (χ0v) is 15.3. The smallest absolute Gasteiger partial charge is 0.356 e. The van der Waals surface area contributed by atoms with Gasteiger partial charge >= 0.3 is 6.18 Å². The minimum absolute atomic E-state index is 0.130. The number of nitrogens with one attached hydrogen (secondary N) is 1. The minimum atomic E-state index is -4.44. The van der Waals surface area contributed by atoms with E-state index in [2.05, 4.69) is 27.1 Å². The number of piperidine rings is 1. The molecular weight excluding hydrogens is 365 g/mol. The molecule has 140 valence electrons. The third kappa shape index (κ3) is 4.38. The van der Waals surface area contributed by atoms with E-state index in [1.54, 1.807) is 0 Å². The largest absolute Gasteiger partial charge is 0.416 e. The van der Waals surface area contributed by atoms with Gasteiger partial charge in [0.25, 0.3) is 0 Å². The lowest BCUT2D eigenvalue weighted by Gasteiger charge is -2.32. The SMILES string of the molecule is Cc1cc(N2CCCC(C)C2)nc(Nc2cc(C(F)(F)F)ccc2Cl)n1. The van der Waals surface area contributed by atoms with Gasteiger partial charge in [-0.1, -0.05) is 18.5 Å². The normalized spacial score (nSPS) is 18.1. The predicted molar refractivity (Wildman–Crippen MR) is 97.1 cm³/mol. The molecule has 1 aromatic carbocycles. The maximum Gasteiger partial charge on any atom is 0.416 e. The van der Waals surface area contributed by atoms with Crippen molar-refractivity contribution in [3.05, 3.63) is 40.5 Å². The average Bonchev–Trinajstić information content (AvgIpc) is 2.55. The molecule has 1 atom stereocenters. The highest BCUT2D eigenvalue weighted by atomic mass is 35.5. The lowest BCUT2D eigenvalue weighted by molar-refractivity contribution is -0.137. The topological polar surface area (TPSA) is 41.1 Å². The van der Waals surface area contributed by atoms with Gasteiger partial charge in [0.05, 0.1) is 16.3 Å². The van der Waals surface area contributed by atoms with Crippen LogP contribution in [-0.2, 0) is 6.18 Å². The first-order valence-corrected chi connectivity index (χ1v) is 8.84. The van der Waals surface area contributed by atoms with Gasteiger partial charge in [0, 0.05) is 24.8 Å². The van der Waals surface area contributed by atoms with E-state index in [1.807, 2.05) is 13.0 Å². The second-order valence-electron chi connectivity index (χ2n) is 6.70. The molecule has 2 heterocycles. The molecule has 0 spiro atoms. The average molecular weight is 385 g/mol. The summed E-state index contributed by atoms with van der Waals surface area (Å²) in [5, 5.41) is 3.01. The molecule has 4 nitrogen and oxygen atoms in total. The van der Waals surface area contributed by atoms with E-state index in [0.717, 1.165) is 43.2 Å². The summed E-state index contributed by atoms with van der Waals surface area (Å²) in [5.74, 6) is 1.59. The maximum atomic E-state index is 12.9. The fourth-order valence-electron chi connectivity index (χ4n) is 3.09. The fourth-order valence-corrected chi connectivity index (χ4v) is 3.25. The summed E-state index contributed by atoms with van der Waals surface area (Å²) in [6, 6.07) is 5.02. The van der Waals surface area contributed by atoms with Crippen LogP contribution in [0.1, 0.15) is 31.0 Å². The van der Waals surface area contributed by atoms with Gasteiger partial charge in [0.15, 0.2) is 0 Å². The van der Waals surface area contributed by atoms with Gasteiger partial charge in [-0.05, 0) is 43.9 Å². The molecule has 1 aliphatic heterocycles. The summed E-state index contributed by atoms with van der Waals surface area (Å²) in [6.07, 6.45) is -2.17. The fraction of sp³-hybridized carbons (Fsp3) is 0.444. The molecule has 0 bridgehead atoms. The third-order valence-electron chi connectivity index (χ3n) is 4.36. The van der Waals surface area contributed by atoms with Gasteiger partial charge in [-0.2, -0.15) is 18.2 Å². The van der Waals surface area contributed by atoms with E-state index in [4.69, 9.17) is 11.6 Å². The molecule has 3 rings (SSSR count). The molecular formula is C18H20ClF3N4. The van der Waals surface area contributed by atoms with E-state index >= 15 is 0 Å². The highest BCUT2D eigenvalue weighted by molar-refractivity contribution is 6.33. The molecule has 1 fully saturated rings. The standard InChI is InChI=1S/C18H20ClF3N4/c1-11-4-3-7-26(10-11)16-8-12(2)23-17(25-16)24-15-9-13(18(20,21)22)5-6-14(15)19/h5-6,8-9,11H,3-4,7,10H2,1-2H3,(H,23,24,25). The first-order chi connectivity index (χ1) is 12.2. The number of hydrogen-bond acceptors (Lipinski definition) is 4. The molecule has 0 amide bonds. The number of halogens is 4. The summed E-state index contributed by atoms with van der Waals surface area (Å²) in [6.45, 7) is 5.84. The Hall–Kier alpha value is -2.02. The van der Waals surface area contributed by atoms with Crippen molar-refractivity contribution in [3.63, 3.8) is 0 Å². The van der Waals surface area contributed by atoms with Crippen molar-refractivity contribution in [2.24, 2.45) is 5.92 Å². The zero-order chi connectivity index (χ0) is 18.9. The number of anilines is 3. The Morgan fingerprint density at radius 2 is 2.00 bits per heavy atom. The van der Waals surface area contributed by atoms with Gasteiger partial charge < -0.3 is 10.2 Å². The predicted octanol–water partition coefficient (Wildman–Crippen LogP) is 5.44. The van der Waals surface area contributed by atoms with Gasteiger partial charge in [0.1, 0.15) is 5.82 Å². The number of alkyl halides is 3. The summed E-state index contributed by atoms with van der Waals surface area (Å²) >= 11 is 6.05. The molecule has 1 saturated heterocycles. The van der Waals surface area contributed by atoms with Gasteiger partial charge in [-0.3, -0.25) is 0 Å². The molecule has 8 heteroatoms. The number of benzene rings is 1. The summed E-state index contributed by atoms with van der Waals surface area (Å²) in [4.78, 5) is 11.0. The van der Waals surface area contributed by atoms with E-state index < -0.39 is 11.7 Å². The molecule has 1 aromatic heterocycles. The molecule has 1 N–H and O–H groups in total. The molecule has 2 aromatic rings. The second kappa shape index (κ2) is 7.31. The highest BCUT2D eigenvalue weighted by Gasteiger charge is 2.31. The van der Waals surface area contributed by atoms with E-state index in [1.165, 1.54) is 12.5 Å². The van der Waals surface area contributed by atoms with Crippen LogP contribution in [0.15, 0.2) is 24.3 Å². The highest BCUT2D eigenvalue weighted by Crippen LogP contribution is 2.35. The second-order valence-corrected chi connectivity index (χ2v) is 7.11. The van der Waals surface area contributed by atoms with Crippen molar-refractivity contribution in [1.82, 2.24) is 9.97 Å². The van der Waals surface area contributed by atoms with Crippen LogP contribution in [-0.4, -0.2) is 23.1 Å². The van der Waals surface area contributed by atoms with Gasteiger partial charge in [-0.25, -0.2) is 4.98 Å². The Morgan fingerprint density at radius 3 is 2.69 bits per heavy atom. The number of rotatable bonds is 3. The number of nitrogens with zero attached hydrogens (tertiary/aromatic N) is 3. The lowest BCUT2D eigenvalue weighted by atomic mass is 10.0. The van der Waals surface area contributed by atoms with Crippen molar-refractivity contribution in [1.29, 1.82) is 0 Å². The van der Waals surface area contributed by atoms with Crippen LogP contribution in [0.2, 0.25) is 5.02 Å². The molecule has 1 aliphatic rings. The zero-order valence-electron chi connectivity index (χ0n) is 14.6. The number of aromatic nitrogens is 2. The van der Waals surface area contributed by atoms with Crippen molar-refractivity contribution in [2.75, 3.05) is 23.3 Å². The lowest BCUT2D eigenvalue weighted by Crippen LogP contribution is -2.35. The van der Waals surface area contributed by atoms with Crippen molar-refractivity contribution >= 4 is 29.1 Å². The molecule has 0 radical (unpaired) electrons. The third-order valence-corrected chi connectivity index (χ3v) is 4.69. The van der Waals surface area contributed by atoms with Crippen LogP contribution >= 0.6 is 11.6 Å². The van der Waals surface area contributed by atoms with Gasteiger partial charge in [0.2, 0.25) is 5.95 Å². The van der Waals surface area contributed by atoms with E-state index in [-0.39, 0.29) is 16.7 Å². The summed E-state index contributed by atoms with van der Waals surface area (Å²) in [5.41, 5.74) is 0.0889. The molecule has 26 heavy (non-hydrogen) atoms. The minimum Gasteiger partial charge on any atom is -0.356 e. The maximum absolute atomic E-state index is 12.9. The van der Waals surface area contributed by atoms with Gasteiger partial charge in [-0.15, -0.1) is 0 Å². The Kier molecular flexibility index (Phi) is 5.27. The molecule has 0 saturated carbocycles. The van der Waals surface area contributed by atoms with Crippen LogP contribution in [0.5, 0.6) is 0 Å². The van der Waals surface area contributed by atoms with Crippen LogP contribution in [0.25, 0.3) is 0 Å². The summed E-state index contributed by atoms with van der Waals surface area (Å²) < 4.78 is 38.8. The first-order valence-electron chi connectivity index (χ1n) is 8.47. The molecule has 1 unspecified atom stereocenters. The number of aryl methyl sites for hydroxylation is 1. The van der Waals surface area contributed by atoms with Crippen molar-refractivity contribution in [2.45, 2.75) is 32.9 Å². The Bertz CT molecular complexity index is 794. The monoisotopic (exact) mass is 384 g/mol. The van der Waals surface area contributed by atoms with Crippen LogP contribution in [0.4, 0.5) is 30.6 Å². The first kappa shape index (κ1) is 18.8. The van der Waals surface area contributed by atoms with E-state index in [0.29, 0.717) is 5.92 Å². The Morgan fingerprint density at radius 1 is 1.23 bits per heavy atom. The summed E-state index contributed by atoms with van der Waals surface area (Å²) in [7, 11) is 0.